The van der Waals surface area contributed by atoms with Crippen molar-refractivity contribution in [2.45, 2.75) is 62.5 Å². The van der Waals surface area contributed by atoms with Crippen LogP contribution in [0.5, 0.6) is 11.5 Å². The van der Waals surface area contributed by atoms with Crippen LogP contribution in [0.2, 0.25) is 0 Å². The maximum absolute atomic E-state index is 11.6. The van der Waals surface area contributed by atoms with Crippen LogP contribution >= 0.6 is 0 Å². The second kappa shape index (κ2) is 7.66. The molecule has 2 aromatic carbocycles. The average Bonchev–Trinajstić information content (AvgIpc) is 3.25. The molecule has 4 heteroatoms. The summed E-state index contributed by atoms with van der Waals surface area (Å²) < 4.78 is 11.0. The number of nitrogens with zero attached hydrogens (tertiary/aromatic N) is 1. The van der Waals surface area contributed by atoms with Crippen LogP contribution in [0.25, 0.3) is 0 Å². The molecule has 3 aliphatic rings. The first-order valence-corrected chi connectivity index (χ1v) is 11.1. The Morgan fingerprint density at radius 2 is 1.55 bits per heavy atom. The lowest BCUT2D eigenvalue weighted by Crippen LogP contribution is -2.56. The quantitative estimate of drug-likeness (QED) is 0.821. The third kappa shape index (κ3) is 3.64. The molecule has 1 N–H and O–H groups in total. The van der Waals surface area contributed by atoms with Crippen molar-refractivity contribution < 1.29 is 14.6 Å². The van der Waals surface area contributed by atoms with Crippen molar-refractivity contribution in [1.29, 1.82) is 0 Å². The number of ether oxygens (including phenoxy) is 2. The van der Waals surface area contributed by atoms with Crippen LogP contribution in [0.4, 0.5) is 0 Å². The van der Waals surface area contributed by atoms with E-state index in [1.807, 2.05) is 18.2 Å². The van der Waals surface area contributed by atoms with Crippen LogP contribution in [0, 0.1) is 0 Å². The van der Waals surface area contributed by atoms with Gasteiger partial charge in [0.05, 0.1) is 5.60 Å². The van der Waals surface area contributed by atoms with E-state index in [-0.39, 0.29) is 12.3 Å². The predicted octanol–water partition coefficient (Wildman–Crippen LogP) is 4.64. The molecule has 0 atom stereocenters. The normalized spacial score (nSPS) is 29.7. The molecule has 0 amide bonds. The molecule has 0 aromatic heterocycles. The van der Waals surface area contributed by atoms with Gasteiger partial charge >= 0.3 is 0 Å². The Labute approximate surface area is 173 Å². The van der Waals surface area contributed by atoms with Gasteiger partial charge in [0.1, 0.15) is 0 Å². The van der Waals surface area contributed by atoms with Gasteiger partial charge in [-0.3, -0.25) is 4.90 Å². The van der Waals surface area contributed by atoms with Gasteiger partial charge in [-0.25, -0.2) is 0 Å². The first-order chi connectivity index (χ1) is 14.2. The molecular formula is C25H31NO3. The van der Waals surface area contributed by atoms with Gasteiger partial charge < -0.3 is 14.6 Å². The Morgan fingerprint density at radius 3 is 2.31 bits per heavy atom. The lowest BCUT2D eigenvalue weighted by molar-refractivity contribution is -0.0645. The van der Waals surface area contributed by atoms with Crippen molar-refractivity contribution in [2.75, 3.05) is 19.9 Å². The molecule has 1 saturated carbocycles. The zero-order valence-electron chi connectivity index (χ0n) is 17.1. The summed E-state index contributed by atoms with van der Waals surface area (Å²) in [6.45, 7) is 2.65. The van der Waals surface area contributed by atoms with E-state index in [1.165, 1.54) is 37.9 Å². The second-order valence-corrected chi connectivity index (χ2v) is 9.03. The van der Waals surface area contributed by atoms with E-state index in [1.54, 1.807) is 0 Å². The molecule has 0 bridgehead atoms. The zero-order chi connectivity index (χ0) is 19.7. The fourth-order valence-electron chi connectivity index (χ4n) is 5.55. The standard InChI is InChI=1S/C25H31NO3/c27-25(21-9-10-22-23(17-21)29-19-28-22)13-11-24(12-14-25,26-15-5-2-6-16-26)18-20-7-3-1-4-8-20/h1,3-4,7-10,17,27H,2,5-6,11-16,18-19H2. The summed E-state index contributed by atoms with van der Waals surface area (Å²) in [6, 6.07) is 16.8. The molecule has 0 radical (unpaired) electrons. The van der Waals surface area contributed by atoms with E-state index in [9.17, 15) is 5.11 Å². The van der Waals surface area contributed by atoms with Gasteiger partial charge in [0.2, 0.25) is 6.79 Å². The number of hydrogen-bond acceptors (Lipinski definition) is 4. The maximum atomic E-state index is 11.6. The highest BCUT2D eigenvalue weighted by molar-refractivity contribution is 5.46. The molecule has 2 fully saturated rings. The Morgan fingerprint density at radius 1 is 0.828 bits per heavy atom. The van der Waals surface area contributed by atoms with Gasteiger partial charge in [0.25, 0.3) is 0 Å². The third-order valence-corrected chi connectivity index (χ3v) is 7.32. The molecule has 0 spiro atoms. The summed E-state index contributed by atoms with van der Waals surface area (Å²) in [6.07, 6.45) is 8.63. The third-order valence-electron chi connectivity index (χ3n) is 7.32. The summed E-state index contributed by atoms with van der Waals surface area (Å²) >= 11 is 0. The highest BCUT2D eigenvalue weighted by Crippen LogP contribution is 2.47. The van der Waals surface area contributed by atoms with Gasteiger partial charge in [-0.1, -0.05) is 42.8 Å². The lowest BCUT2D eigenvalue weighted by atomic mass is 9.68. The molecule has 4 nitrogen and oxygen atoms in total. The maximum Gasteiger partial charge on any atom is 0.231 e. The van der Waals surface area contributed by atoms with Crippen LogP contribution < -0.4 is 9.47 Å². The molecule has 2 heterocycles. The number of benzene rings is 2. The number of aliphatic hydroxyl groups is 1. The van der Waals surface area contributed by atoms with Gasteiger partial charge in [-0.05, 0) is 81.3 Å². The number of hydrogen-bond donors (Lipinski definition) is 1. The minimum absolute atomic E-state index is 0.157. The van der Waals surface area contributed by atoms with E-state index in [0.717, 1.165) is 49.2 Å². The van der Waals surface area contributed by atoms with Gasteiger partial charge in [0, 0.05) is 5.54 Å². The number of likely N-dealkylation sites (tertiary alicyclic amines) is 1. The first kappa shape index (κ1) is 19.0. The highest BCUT2D eigenvalue weighted by Gasteiger charge is 2.46. The van der Waals surface area contributed by atoms with Gasteiger partial charge in [0.15, 0.2) is 11.5 Å². The van der Waals surface area contributed by atoms with Crippen molar-refractivity contribution in [3.8, 4) is 11.5 Å². The molecule has 2 aromatic rings. The Balaban J connectivity index is 1.39. The topological polar surface area (TPSA) is 41.9 Å². The molecule has 5 rings (SSSR count). The molecule has 1 saturated heterocycles. The smallest absolute Gasteiger partial charge is 0.231 e. The summed E-state index contributed by atoms with van der Waals surface area (Å²) in [4.78, 5) is 2.74. The fraction of sp³-hybridized carbons (Fsp3) is 0.520. The minimum atomic E-state index is -0.781. The molecule has 154 valence electrons. The molecule has 2 aliphatic heterocycles. The molecule has 1 aliphatic carbocycles. The predicted molar refractivity (Wildman–Crippen MR) is 113 cm³/mol. The molecular weight excluding hydrogens is 362 g/mol. The largest absolute Gasteiger partial charge is 0.454 e. The number of rotatable bonds is 4. The zero-order valence-corrected chi connectivity index (χ0v) is 17.1. The van der Waals surface area contributed by atoms with Gasteiger partial charge in [-0.2, -0.15) is 0 Å². The fourth-order valence-corrected chi connectivity index (χ4v) is 5.55. The summed E-state index contributed by atoms with van der Waals surface area (Å²) in [7, 11) is 0. The van der Waals surface area contributed by atoms with Crippen molar-refractivity contribution in [3.05, 3.63) is 59.7 Å². The van der Waals surface area contributed by atoms with Crippen LogP contribution in [0.3, 0.4) is 0 Å². The van der Waals surface area contributed by atoms with E-state index in [2.05, 4.69) is 35.2 Å². The van der Waals surface area contributed by atoms with Gasteiger partial charge in [-0.15, -0.1) is 0 Å². The highest BCUT2D eigenvalue weighted by atomic mass is 16.7. The van der Waals surface area contributed by atoms with Crippen LogP contribution in [0.1, 0.15) is 56.1 Å². The molecule has 0 unspecified atom stereocenters. The SMILES string of the molecule is OC1(c2ccc3c(c2)OCO3)CCC(Cc2ccccc2)(N2CCCCC2)CC1. The van der Waals surface area contributed by atoms with Crippen LogP contribution in [-0.2, 0) is 12.0 Å². The van der Waals surface area contributed by atoms with Crippen molar-refractivity contribution in [3.63, 3.8) is 0 Å². The van der Waals surface area contributed by atoms with Crippen LogP contribution in [-0.4, -0.2) is 35.4 Å². The number of piperidine rings is 1. The summed E-state index contributed by atoms with van der Waals surface area (Å²) in [5, 5.41) is 11.6. The monoisotopic (exact) mass is 393 g/mol. The Bertz CT molecular complexity index is 836. The minimum Gasteiger partial charge on any atom is -0.454 e. The van der Waals surface area contributed by atoms with E-state index in [0.29, 0.717) is 0 Å². The number of fused-ring (bicyclic) bond motifs is 1. The van der Waals surface area contributed by atoms with Crippen molar-refractivity contribution >= 4 is 0 Å². The lowest BCUT2D eigenvalue weighted by Gasteiger charge is -2.52. The first-order valence-electron chi connectivity index (χ1n) is 11.1. The van der Waals surface area contributed by atoms with E-state index >= 15 is 0 Å². The van der Waals surface area contributed by atoms with Crippen molar-refractivity contribution in [2.24, 2.45) is 0 Å². The van der Waals surface area contributed by atoms with Crippen LogP contribution in [0.15, 0.2) is 48.5 Å². The summed E-state index contributed by atoms with van der Waals surface area (Å²) in [5.41, 5.74) is 1.75. The van der Waals surface area contributed by atoms with E-state index < -0.39 is 5.60 Å². The average molecular weight is 394 g/mol. The van der Waals surface area contributed by atoms with E-state index in [4.69, 9.17) is 9.47 Å². The Kier molecular flexibility index (Phi) is 5.00. The Hall–Kier alpha value is -2.04. The summed E-state index contributed by atoms with van der Waals surface area (Å²) in [5.74, 6) is 1.54. The second-order valence-electron chi connectivity index (χ2n) is 9.03. The van der Waals surface area contributed by atoms with Crippen molar-refractivity contribution in [1.82, 2.24) is 4.90 Å². The molecule has 29 heavy (non-hydrogen) atoms.